The van der Waals surface area contributed by atoms with E-state index in [9.17, 15) is 10.2 Å². The highest BCUT2D eigenvalue weighted by molar-refractivity contribution is 5.91. The zero-order chi connectivity index (χ0) is 21.8. The Bertz CT molecular complexity index is 1360. The molecule has 4 N–H and O–H groups in total. The summed E-state index contributed by atoms with van der Waals surface area (Å²) in [7, 11) is 0. The molecule has 1 aliphatic carbocycles. The number of aryl methyl sites for hydroxylation is 1. The van der Waals surface area contributed by atoms with E-state index in [0.717, 1.165) is 40.4 Å². The zero-order valence-electron chi connectivity index (χ0n) is 17.5. The van der Waals surface area contributed by atoms with Gasteiger partial charge in [-0.3, -0.25) is 9.98 Å². The molecule has 32 heavy (non-hydrogen) atoms. The van der Waals surface area contributed by atoms with Gasteiger partial charge in [0.15, 0.2) is 0 Å². The number of nitrogen functional groups attached to an aromatic ring is 1. The van der Waals surface area contributed by atoms with Crippen molar-refractivity contribution in [2.45, 2.75) is 44.1 Å². The summed E-state index contributed by atoms with van der Waals surface area (Å²) in [6, 6.07) is 10.1. The Morgan fingerprint density at radius 3 is 2.91 bits per heavy atom. The monoisotopic (exact) mass is 428 g/mol. The zero-order valence-corrected chi connectivity index (χ0v) is 17.5. The third kappa shape index (κ3) is 3.06. The van der Waals surface area contributed by atoms with Crippen molar-refractivity contribution >= 4 is 34.0 Å². The number of benzene rings is 1. The SMILES string of the molecule is Nc1ncnc2c1ccn2[C@@H]1C[C@H](CCc2ccc3cc4c(nc3c2)CN=C4)[C@@H](O)[C@H]1O. The van der Waals surface area contributed by atoms with Crippen LogP contribution >= 0.6 is 0 Å². The molecule has 0 bridgehead atoms. The van der Waals surface area contributed by atoms with E-state index in [1.54, 1.807) is 0 Å². The van der Waals surface area contributed by atoms with Crippen LogP contribution in [0.5, 0.6) is 0 Å². The molecule has 0 saturated heterocycles. The van der Waals surface area contributed by atoms with E-state index in [0.29, 0.717) is 24.4 Å². The van der Waals surface area contributed by atoms with Crippen LogP contribution in [0.2, 0.25) is 0 Å². The number of rotatable bonds is 4. The van der Waals surface area contributed by atoms with Crippen LogP contribution in [-0.2, 0) is 13.0 Å². The lowest BCUT2D eigenvalue weighted by atomic mass is 9.95. The molecular weight excluding hydrogens is 404 g/mol. The van der Waals surface area contributed by atoms with E-state index in [1.165, 1.54) is 11.9 Å². The second-order valence-electron chi connectivity index (χ2n) is 8.82. The first-order valence-corrected chi connectivity index (χ1v) is 10.9. The van der Waals surface area contributed by atoms with Crippen LogP contribution in [0.25, 0.3) is 21.9 Å². The summed E-state index contributed by atoms with van der Waals surface area (Å²) < 4.78 is 1.92. The molecule has 0 radical (unpaired) electrons. The maximum Gasteiger partial charge on any atom is 0.145 e. The van der Waals surface area contributed by atoms with Crippen molar-refractivity contribution < 1.29 is 10.2 Å². The van der Waals surface area contributed by atoms with Crippen molar-refractivity contribution in [2.24, 2.45) is 10.9 Å². The van der Waals surface area contributed by atoms with Gasteiger partial charge in [0, 0.05) is 23.4 Å². The molecule has 2 aliphatic rings. The van der Waals surface area contributed by atoms with Gasteiger partial charge in [-0.2, -0.15) is 0 Å². The smallest absolute Gasteiger partial charge is 0.145 e. The summed E-state index contributed by atoms with van der Waals surface area (Å²) in [5.41, 5.74) is 10.9. The Hall–Kier alpha value is -3.36. The fourth-order valence-corrected chi connectivity index (χ4v) is 5.17. The van der Waals surface area contributed by atoms with Crippen LogP contribution in [-0.4, -0.2) is 48.2 Å². The summed E-state index contributed by atoms with van der Waals surface area (Å²) in [4.78, 5) is 17.4. The van der Waals surface area contributed by atoms with Crippen molar-refractivity contribution in [1.29, 1.82) is 0 Å². The van der Waals surface area contributed by atoms with E-state index < -0.39 is 12.2 Å². The molecule has 6 rings (SSSR count). The summed E-state index contributed by atoms with van der Waals surface area (Å²) in [5.74, 6) is 0.407. The molecule has 0 amide bonds. The molecule has 1 fully saturated rings. The number of aliphatic hydroxyl groups excluding tert-OH is 2. The molecule has 4 heterocycles. The molecule has 1 aromatic carbocycles. The number of anilines is 1. The highest BCUT2D eigenvalue weighted by Gasteiger charge is 2.42. The van der Waals surface area contributed by atoms with Gasteiger partial charge in [-0.05, 0) is 48.9 Å². The van der Waals surface area contributed by atoms with E-state index in [4.69, 9.17) is 10.7 Å². The minimum atomic E-state index is -0.854. The maximum atomic E-state index is 10.8. The summed E-state index contributed by atoms with van der Waals surface area (Å²) in [6.07, 6.45) is 5.82. The normalized spacial score (nSPS) is 24.6. The predicted molar refractivity (Wildman–Crippen MR) is 122 cm³/mol. The number of aliphatic hydroxyl groups is 2. The summed E-state index contributed by atoms with van der Waals surface area (Å²) in [5, 5.41) is 23.4. The van der Waals surface area contributed by atoms with E-state index >= 15 is 0 Å². The van der Waals surface area contributed by atoms with Crippen LogP contribution in [0, 0.1) is 5.92 Å². The lowest BCUT2D eigenvalue weighted by molar-refractivity contribution is 0.00545. The van der Waals surface area contributed by atoms with Crippen LogP contribution in [0.4, 0.5) is 5.82 Å². The molecule has 8 nitrogen and oxygen atoms in total. The fraction of sp³-hybridized carbons (Fsp3) is 0.333. The van der Waals surface area contributed by atoms with Crippen LogP contribution in [0.15, 0.2) is 47.8 Å². The average molecular weight is 428 g/mol. The molecule has 4 atom stereocenters. The highest BCUT2D eigenvalue weighted by Crippen LogP contribution is 2.39. The van der Waals surface area contributed by atoms with Crippen LogP contribution in [0.3, 0.4) is 0 Å². The number of aromatic nitrogens is 4. The second-order valence-corrected chi connectivity index (χ2v) is 8.82. The minimum absolute atomic E-state index is 0.0105. The number of pyridine rings is 1. The molecule has 1 aliphatic heterocycles. The van der Waals surface area contributed by atoms with Gasteiger partial charge >= 0.3 is 0 Å². The highest BCUT2D eigenvalue weighted by atomic mass is 16.3. The Balaban J connectivity index is 1.20. The second kappa shape index (κ2) is 7.36. The summed E-state index contributed by atoms with van der Waals surface area (Å²) in [6.45, 7) is 0.647. The van der Waals surface area contributed by atoms with E-state index in [2.05, 4.69) is 39.2 Å². The minimum Gasteiger partial charge on any atom is -0.390 e. The fourth-order valence-electron chi connectivity index (χ4n) is 5.17. The van der Waals surface area contributed by atoms with Crippen molar-refractivity contribution in [3.8, 4) is 0 Å². The lowest BCUT2D eigenvalue weighted by Crippen LogP contribution is -2.29. The predicted octanol–water partition coefficient (Wildman–Crippen LogP) is 2.41. The standard InChI is InChI=1S/C24H24N6O2/c25-23-17-5-6-30(24(17)28-12-27-23)20-9-15(21(31)22(20)32)4-2-13-1-3-14-8-16-10-26-11-19(16)29-18(14)7-13/h1,3,5-8,10,12,15,20-22,31-32H,2,4,9,11H2,(H2,25,27,28)/t15-,20+,21+,22-/m0/s1. The molecule has 3 aromatic heterocycles. The number of aliphatic imine (C=N–C) groups is 1. The molecule has 4 aromatic rings. The van der Waals surface area contributed by atoms with Crippen molar-refractivity contribution in [1.82, 2.24) is 19.5 Å². The number of nitrogens with two attached hydrogens (primary N) is 1. The van der Waals surface area contributed by atoms with Crippen LogP contribution < -0.4 is 5.73 Å². The summed E-state index contributed by atoms with van der Waals surface area (Å²) >= 11 is 0. The van der Waals surface area contributed by atoms with Gasteiger partial charge < -0.3 is 20.5 Å². The first kappa shape index (κ1) is 19.3. The lowest BCUT2D eigenvalue weighted by Gasteiger charge is -2.19. The van der Waals surface area contributed by atoms with E-state index in [-0.39, 0.29) is 12.0 Å². The Morgan fingerprint density at radius 1 is 1.09 bits per heavy atom. The van der Waals surface area contributed by atoms with Gasteiger partial charge in [-0.25, -0.2) is 9.97 Å². The van der Waals surface area contributed by atoms with Crippen molar-refractivity contribution in [2.75, 3.05) is 5.73 Å². The molecule has 0 spiro atoms. The van der Waals surface area contributed by atoms with Gasteiger partial charge in [0.05, 0.1) is 35.3 Å². The van der Waals surface area contributed by atoms with Crippen LogP contribution in [0.1, 0.15) is 35.7 Å². The van der Waals surface area contributed by atoms with Crippen molar-refractivity contribution in [3.05, 3.63) is 59.7 Å². The topological polar surface area (TPSA) is 122 Å². The molecular formula is C24H24N6O2. The molecule has 0 unspecified atom stereocenters. The molecule has 162 valence electrons. The largest absolute Gasteiger partial charge is 0.390 e. The van der Waals surface area contributed by atoms with Gasteiger partial charge in [0.25, 0.3) is 0 Å². The third-order valence-electron chi connectivity index (χ3n) is 6.94. The van der Waals surface area contributed by atoms with Crippen molar-refractivity contribution in [3.63, 3.8) is 0 Å². The van der Waals surface area contributed by atoms with Gasteiger partial charge in [0.1, 0.15) is 23.9 Å². The number of hydrogen-bond donors (Lipinski definition) is 3. The maximum absolute atomic E-state index is 10.8. The Kier molecular flexibility index (Phi) is 4.44. The van der Waals surface area contributed by atoms with E-state index in [1.807, 2.05) is 23.0 Å². The quantitative estimate of drug-likeness (QED) is 0.459. The third-order valence-corrected chi connectivity index (χ3v) is 6.94. The first-order chi connectivity index (χ1) is 15.6. The number of hydrogen-bond acceptors (Lipinski definition) is 7. The first-order valence-electron chi connectivity index (χ1n) is 10.9. The van der Waals surface area contributed by atoms with Gasteiger partial charge in [-0.1, -0.05) is 12.1 Å². The molecule has 8 heteroatoms. The van der Waals surface area contributed by atoms with Gasteiger partial charge in [0.2, 0.25) is 0 Å². The number of fused-ring (bicyclic) bond motifs is 3. The Morgan fingerprint density at radius 2 is 2.00 bits per heavy atom. The number of nitrogens with zero attached hydrogens (tertiary/aromatic N) is 5. The Labute approximate surface area is 184 Å². The average Bonchev–Trinajstić information content (AvgIpc) is 3.50. The van der Waals surface area contributed by atoms with Gasteiger partial charge in [-0.15, -0.1) is 0 Å². The molecule has 1 saturated carbocycles.